The Morgan fingerprint density at radius 2 is 2.06 bits per heavy atom. The van der Waals surface area contributed by atoms with Crippen LogP contribution in [-0.2, 0) is 9.84 Å². The number of benzene rings is 1. The van der Waals surface area contributed by atoms with E-state index < -0.39 is 9.84 Å². The van der Waals surface area contributed by atoms with E-state index in [1.165, 1.54) is 6.07 Å². The molecule has 6 heteroatoms. The fourth-order valence-corrected chi connectivity index (χ4v) is 1.79. The van der Waals surface area contributed by atoms with Gasteiger partial charge in [0.1, 0.15) is 15.6 Å². The van der Waals surface area contributed by atoms with E-state index in [2.05, 4.69) is 5.32 Å². The van der Waals surface area contributed by atoms with Crippen LogP contribution in [0.5, 0.6) is 5.75 Å². The van der Waals surface area contributed by atoms with Crippen LogP contribution < -0.4 is 5.32 Å². The summed E-state index contributed by atoms with van der Waals surface area (Å²) in [5.74, 6) is -0.445. The number of amides is 1. The normalized spacial score (nSPS) is 11.2. The molecule has 0 unspecified atom stereocenters. The standard InChI is InChI=1S/C11H15NO4S/c1-8-9(4-3-5-10(8)13)11(14)12-6-7-17(2,15)16/h3-5,13H,6-7H2,1-2H3,(H,12,14). The quantitative estimate of drug-likeness (QED) is 0.821. The molecule has 0 radical (unpaired) electrons. The van der Waals surface area contributed by atoms with Crippen molar-refractivity contribution in [2.75, 3.05) is 18.6 Å². The summed E-state index contributed by atoms with van der Waals surface area (Å²) in [4.78, 5) is 11.7. The Kier molecular flexibility index (Phi) is 4.11. The smallest absolute Gasteiger partial charge is 0.251 e. The van der Waals surface area contributed by atoms with E-state index in [1.54, 1.807) is 19.1 Å². The van der Waals surface area contributed by atoms with Crippen LogP contribution in [0.4, 0.5) is 0 Å². The molecule has 0 aliphatic heterocycles. The largest absolute Gasteiger partial charge is 0.508 e. The highest BCUT2D eigenvalue weighted by molar-refractivity contribution is 7.90. The second-order valence-electron chi connectivity index (χ2n) is 3.84. The second-order valence-corrected chi connectivity index (χ2v) is 6.10. The van der Waals surface area contributed by atoms with Crippen LogP contribution >= 0.6 is 0 Å². The molecule has 0 fully saturated rings. The summed E-state index contributed by atoms with van der Waals surface area (Å²) in [6.07, 6.45) is 1.11. The molecule has 1 aromatic carbocycles. The van der Waals surface area contributed by atoms with Crippen LogP contribution in [0.1, 0.15) is 15.9 Å². The first-order valence-corrected chi connectivity index (χ1v) is 7.12. The SMILES string of the molecule is Cc1c(O)cccc1C(=O)NCCS(C)(=O)=O. The van der Waals surface area contributed by atoms with Gasteiger partial charge in [-0.1, -0.05) is 6.07 Å². The van der Waals surface area contributed by atoms with Gasteiger partial charge in [0.25, 0.3) is 5.91 Å². The molecule has 0 aliphatic carbocycles. The van der Waals surface area contributed by atoms with Gasteiger partial charge in [-0.3, -0.25) is 4.79 Å². The van der Waals surface area contributed by atoms with Crippen LogP contribution in [0.2, 0.25) is 0 Å². The molecule has 0 aliphatic rings. The Balaban J connectivity index is 2.68. The lowest BCUT2D eigenvalue weighted by atomic mass is 10.1. The van der Waals surface area contributed by atoms with Crippen LogP contribution in [-0.4, -0.2) is 38.0 Å². The number of rotatable bonds is 4. The third-order valence-corrected chi connectivity index (χ3v) is 3.25. The van der Waals surface area contributed by atoms with Crippen molar-refractivity contribution in [3.05, 3.63) is 29.3 Å². The van der Waals surface area contributed by atoms with E-state index >= 15 is 0 Å². The van der Waals surface area contributed by atoms with Crippen LogP contribution in [0.25, 0.3) is 0 Å². The summed E-state index contributed by atoms with van der Waals surface area (Å²) in [5, 5.41) is 11.9. The highest BCUT2D eigenvalue weighted by Crippen LogP contribution is 2.19. The van der Waals surface area contributed by atoms with Crippen molar-refractivity contribution < 1.29 is 18.3 Å². The van der Waals surface area contributed by atoms with E-state index in [1.807, 2.05) is 0 Å². The fourth-order valence-electron chi connectivity index (χ4n) is 1.31. The van der Waals surface area contributed by atoms with Crippen molar-refractivity contribution in [3.8, 4) is 5.75 Å². The van der Waals surface area contributed by atoms with Crippen molar-refractivity contribution in [2.45, 2.75) is 6.92 Å². The molecule has 1 amide bonds. The zero-order chi connectivity index (χ0) is 13.1. The van der Waals surface area contributed by atoms with Crippen LogP contribution in [0.3, 0.4) is 0 Å². The first-order chi connectivity index (χ1) is 7.81. The molecular weight excluding hydrogens is 242 g/mol. The maximum absolute atomic E-state index is 11.7. The number of hydrogen-bond acceptors (Lipinski definition) is 4. The summed E-state index contributed by atoms with van der Waals surface area (Å²) in [6, 6.07) is 4.63. The maximum atomic E-state index is 11.7. The lowest BCUT2D eigenvalue weighted by Crippen LogP contribution is -2.29. The van der Waals surface area contributed by atoms with Crippen molar-refractivity contribution in [2.24, 2.45) is 0 Å². The highest BCUT2D eigenvalue weighted by Gasteiger charge is 2.11. The Bertz CT molecular complexity index is 522. The predicted octanol–water partition coefficient (Wildman–Crippen LogP) is 0.475. The minimum absolute atomic E-state index is 0.0424. The van der Waals surface area contributed by atoms with Gasteiger partial charge in [0.05, 0.1) is 5.75 Å². The number of aromatic hydroxyl groups is 1. The minimum atomic E-state index is -3.08. The zero-order valence-corrected chi connectivity index (χ0v) is 10.5. The maximum Gasteiger partial charge on any atom is 0.251 e. The predicted molar refractivity (Wildman–Crippen MR) is 64.9 cm³/mol. The van der Waals surface area contributed by atoms with Gasteiger partial charge < -0.3 is 10.4 Å². The summed E-state index contributed by atoms with van der Waals surface area (Å²) in [6.45, 7) is 1.69. The third-order valence-electron chi connectivity index (χ3n) is 2.31. The lowest BCUT2D eigenvalue weighted by Gasteiger charge is -2.08. The monoisotopic (exact) mass is 257 g/mol. The summed E-state index contributed by atoms with van der Waals surface area (Å²) >= 11 is 0. The zero-order valence-electron chi connectivity index (χ0n) is 9.73. The van der Waals surface area contributed by atoms with E-state index in [4.69, 9.17) is 0 Å². The van der Waals surface area contributed by atoms with E-state index in [9.17, 15) is 18.3 Å². The van der Waals surface area contributed by atoms with Gasteiger partial charge in [-0.25, -0.2) is 8.42 Å². The molecule has 1 rings (SSSR count). The number of sulfone groups is 1. The number of carbonyl (C=O) groups is 1. The Labute approximate surface area is 100 Å². The molecule has 0 saturated carbocycles. The fraction of sp³-hybridized carbons (Fsp3) is 0.364. The van der Waals surface area contributed by atoms with Gasteiger partial charge in [-0.15, -0.1) is 0 Å². The first kappa shape index (κ1) is 13.5. The van der Waals surface area contributed by atoms with Crippen molar-refractivity contribution in [1.29, 1.82) is 0 Å². The van der Waals surface area contributed by atoms with E-state index in [-0.39, 0.29) is 24.0 Å². The average Bonchev–Trinajstić information content (AvgIpc) is 2.20. The van der Waals surface area contributed by atoms with Gasteiger partial charge in [0, 0.05) is 23.9 Å². The third kappa shape index (κ3) is 4.07. The molecule has 0 aromatic heterocycles. The van der Waals surface area contributed by atoms with Gasteiger partial charge >= 0.3 is 0 Å². The molecule has 5 nitrogen and oxygen atoms in total. The van der Waals surface area contributed by atoms with Crippen molar-refractivity contribution in [1.82, 2.24) is 5.32 Å². The lowest BCUT2D eigenvalue weighted by molar-refractivity contribution is 0.0955. The number of carbonyl (C=O) groups excluding carboxylic acids is 1. The topological polar surface area (TPSA) is 83.5 Å². The molecule has 0 bridgehead atoms. The number of phenolic OH excluding ortho intramolecular Hbond substituents is 1. The summed E-state index contributed by atoms with van der Waals surface area (Å²) in [5.41, 5.74) is 0.822. The van der Waals surface area contributed by atoms with Crippen LogP contribution in [0, 0.1) is 6.92 Å². The molecule has 0 atom stereocenters. The average molecular weight is 257 g/mol. The number of hydrogen-bond donors (Lipinski definition) is 2. The minimum Gasteiger partial charge on any atom is -0.508 e. The molecule has 0 heterocycles. The first-order valence-electron chi connectivity index (χ1n) is 5.06. The molecule has 17 heavy (non-hydrogen) atoms. The Hall–Kier alpha value is -1.56. The van der Waals surface area contributed by atoms with Gasteiger partial charge in [0.15, 0.2) is 0 Å². The van der Waals surface area contributed by atoms with Crippen molar-refractivity contribution >= 4 is 15.7 Å². The van der Waals surface area contributed by atoms with Gasteiger partial charge in [0.2, 0.25) is 0 Å². The summed E-state index contributed by atoms with van der Waals surface area (Å²) in [7, 11) is -3.08. The molecular formula is C11H15NO4S. The molecule has 0 spiro atoms. The van der Waals surface area contributed by atoms with Gasteiger partial charge in [-0.05, 0) is 19.1 Å². The summed E-state index contributed by atoms with van der Waals surface area (Å²) < 4.78 is 21.8. The molecule has 1 aromatic rings. The van der Waals surface area contributed by atoms with E-state index in [0.717, 1.165) is 6.26 Å². The Morgan fingerprint density at radius 1 is 1.41 bits per heavy atom. The number of nitrogens with one attached hydrogen (secondary N) is 1. The van der Waals surface area contributed by atoms with Crippen LogP contribution in [0.15, 0.2) is 18.2 Å². The second kappa shape index (κ2) is 5.18. The van der Waals surface area contributed by atoms with Gasteiger partial charge in [-0.2, -0.15) is 0 Å². The highest BCUT2D eigenvalue weighted by atomic mass is 32.2. The number of phenols is 1. The molecule has 2 N–H and O–H groups in total. The van der Waals surface area contributed by atoms with Crippen molar-refractivity contribution in [3.63, 3.8) is 0 Å². The Morgan fingerprint density at radius 3 is 2.65 bits per heavy atom. The molecule has 0 saturated heterocycles. The van der Waals surface area contributed by atoms with E-state index in [0.29, 0.717) is 11.1 Å². The molecule has 94 valence electrons.